The molecule has 2 saturated heterocycles. The van der Waals surface area contributed by atoms with Crippen LogP contribution in [-0.4, -0.2) is 113 Å². The molecule has 2 amide bonds. The van der Waals surface area contributed by atoms with Gasteiger partial charge in [-0.3, -0.25) is 19.5 Å². The highest BCUT2D eigenvalue weighted by Crippen LogP contribution is 2.50. The molecule has 0 unspecified atom stereocenters. The summed E-state index contributed by atoms with van der Waals surface area (Å²) >= 11 is 0. The number of amides is 2. The average molecular weight is 624 g/mol. The first-order chi connectivity index (χ1) is 21.4. The Morgan fingerprint density at radius 1 is 1.07 bits per heavy atom. The molecule has 0 bridgehead atoms. The number of nitrogens with zero attached hydrogens (tertiary/aromatic N) is 5. The van der Waals surface area contributed by atoms with Crippen LogP contribution in [0.4, 0.5) is 14.9 Å². The Morgan fingerprint density at radius 2 is 1.82 bits per heavy atom. The maximum atomic E-state index is 14.4. The molecule has 6 rings (SSSR count). The van der Waals surface area contributed by atoms with Crippen molar-refractivity contribution < 1.29 is 28.2 Å². The highest BCUT2D eigenvalue weighted by Gasteiger charge is 2.55. The van der Waals surface area contributed by atoms with Gasteiger partial charge in [-0.2, -0.15) is 0 Å². The Labute approximate surface area is 265 Å². The van der Waals surface area contributed by atoms with Gasteiger partial charge in [0.15, 0.2) is 0 Å². The van der Waals surface area contributed by atoms with E-state index in [4.69, 9.17) is 14.2 Å². The fraction of sp³-hybridized carbons (Fsp3) is 0.618. The number of morpholine rings is 1. The van der Waals surface area contributed by atoms with Gasteiger partial charge in [-0.15, -0.1) is 0 Å². The Hall–Kier alpha value is -3.28. The number of halogens is 1. The van der Waals surface area contributed by atoms with Crippen molar-refractivity contribution in [1.29, 1.82) is 0 Å². The Kier molecular flexibility index (Phi) is 8.80. The molecule has 4 aliphatic rings. The Balaban J connectivity index is 1.24. The lowest BCUT2D eigenvalue weighted by atomic mass is 10.0. The summed E-state index contributed by atoms with van der Waals surface area (Å²) in [5.74, 6) is 0.201. The number of hydrogen-bond donors (Lipinski definition) is 0. The largest absolute Gasteiger partial charge is 0.474 e. The number of aromatic nitrogens is 1. The van der Waals surface area contributed by atoms with Crippen molar-refractivity contribution >= 4 is 17.7 Å². The van der Waals surface area contributed by atoms with Crippen molar-refractivity contribution in [3.63, 3.8) is 0 Å². The Bertz CT molecular complexity index is 1390. The third-order valence-corrected chi connectivity index (χ3v) is 9.35. The number of anilines is 1. The van der Waals surface area contributed by atoms with Gasteiger partial charge in [0.05, 0.1) is 25.3 Å². The SMILES string of the molecule is C[C@@H]1COCCN1C[C@H]1CN(C(=O)OC(C)(C)C)[C@H](C)CN1CC(=O)N1c2cc(Cc3ccc(F)cc3)cnc2OCC12CC2. The lowest BCUT2D eigenvalue weighted by molar-refractivity contribution is -0.123. The van der Waals surface area contributed by atoms with Gasteiger partial charge in [-0.1, -0.05) is 12.1 Å². The molecule has 1 aliphatic carbocycles. The number of piperazine rings is 1. The first kappa shape index (κ1) is 31.7. The molecule has 4 heterocycles. The van der Waals surface area contributed by atoms with Gasteiger partial charge in [-0.05, 0) is 83.2 Å². The zero-order chi connectivity index (χ0) is 31.9. The molecule has 10 nitrogen and oxygen atoms in total. The van der Waals surface area contributed by atoms with Gasteiger partial charge in [0.2, 0.25) is 11.8 Å². The van der Waals surface area contributed by atoms with E-state index in [1.54, 1.807) is 18.3 Å². The van der Waals surface area contributed by atoms with Crippen molar-refractivity contribution in [2.45, 2.75) is 83.1 Å². The fourth-order valence-corrected chi connectivity index (χ4v) is 6.72. The summed E-state index contributed by atoms with van der Waals surface area (Å²) in [6.07, 6.45) is 3.77. The summed E-state index contributed by atoms with van der Waals surface area (Å²) in [5.41, 5.74) is 1.63. The molecule has 2 aromatic rings. The van der Waals surface area contributed by atoms with E-state index in [0.717, 1.165) is 37.1 Å². The van der Waals surface area contributed by atoms with Crippen LogP contribution in [-0.2, 0) is 20.7 Å². The zero-order valence-electron chi connectivity index (χ0n) is 27.1. The molecular formula is C34H46FN5O5. The second-order valence-corrected chi connectivity index (χ2v) is 14.2. The monoisotopic (exact) mass is 623 g/mol. The molecule has 3 fully saturated rings. The molecule has 1 aromatic heterocycles. The van der Waals surface area contributed by atoms with Crippen LogP contribution >= 0.6 is 0 Å². The number of carbonyl (C=O) groups excluding carboxylic acids is 2. The number of fused-ring (bicyclic) bond motifs is 1. The normalized spacial score (nSPS) is 25.1. The van der Waals surface area contributed by atoms with Crippen LogP contribution in [0.25, 0.3) is 0 Å². The quantitative estimate of drug-likeness (QED) is 0.476. The summed E-state index contributed by atoms with van der Waals surface area (Å²) in [4.78, 5) is 40.7. The summed E-state index contributed by atoms with van der Waals surface area (Å²) in [5, 5.41) is 0. The average Bonchev–Trinajstić information content (AvgIpc) is 3.75. The fourth-order valence-electron chi connectivity index (χ4n) is 6.72. The zero-order valence-corrected chi connectivity index (χ0v) is 27.1. The van der Waals surface area contributed by atoms with Crippen LogP contribution in [0.15, 0.2) is 36.5 Å². The molecule has 244 valence electrons. The number of hydrogen-bond acceptors (Lipinski definition) is 8. The van der Waals surface area contributed by atoms with E-state index in [2.05, 4.69) is 21.7 Å². The van der Waals surface area contributed by atoms with Crippen LogP contribution in [0.2, 0.25) is 0 Å². The number of ether oxygens (including phenoxy) is 3. The van der Waals surface area contributed by atoms with Crippen LogP contribution in [0.5, 0.6) is 5.88 Å². The molecule has 0 N–H and O–H groups in total. The predicted molar refractivity (Wildman–Crippen MR) is 168 cm³/mol. The summed E-state index contributed by atoms with van der Waals surface area (Å²) in [7, 11) is 0. The predicted octanol–water partition coefficient (Wildman–Crippen LogP) is 4.10. The molecule has 1 saturated carbocycles. The van der Waals surface area contributed by atoms with Gasteiger partial charge >= 0.3 is 6.09 Å². The van der Waals surface area contributed by atoms with Crippen LogP contribution in [0.1, 0.15) is 58.6 Å². The standard InChI is InChI=1S/C34H46FN5O5/c1-23-17-38(28(18-37-12-13-43-21-24(37)2)19-39(23)32(42)45-33(3,4)5)20-30(41)40-29-15-26(14-25-6-8-27(35)9-7-25)16-36-31(29)44-22-34(40)10-11-34/h6-9,15-16,23-24,28H,10-14,17-22H2,1-5H3/t23-,24-,28+/m1/s1. The third-order valence-electron chi connectivity index (χ3n) is 9.35. The first-order valence-electron chi connectivity index (χ1n) is 16.2. The van der Waals surface area contributed by atoms with Crippen molar-refractivity contribution in [2.24, 2.45) is 0 Å². The highest BCUT2D eigenvalue weighted by molar-refractivity contribution is 5.98. The molecule has 3 atom stereocenters. The molecule has 11 heteroatoms. The molecule has 1 spiro atoms. The molecule has 1 aromatic carbocycles. The third kappa shape index (κ3) is 7.10. The smallest absolute Gasteiger partial charge is 0.410 e. The van der Waals surface area contributed by atoms with E-state index < -0.39 is 5.60 Å². The highest BCUT2D eigenvalue weighted by atomic mass is 19.1. The van der Waals surface area contributed by atoms with E-state index in [9.17, 15) is 14.0 Å². The topological polar surface area (TPSA) is 87.7 Å². The summed E-state index contributed by atoms with van der Waals surface area (Å²) in [6.45, 7) is 14.4. The van der Waals surface area contributed by atoms with Crippen molar-refractivity contribution in [1.82, 2.24) is 19.7 Å². The minimum Gasteiger partial charge on any atom is -0.474 e. The van der Waals surface area contributed by atoms with E-state index in [0.29, 0.717) is 50.9 Å². The van der Waals surface area contributed by atoms with Gasteiger partial charge in [0.1, 0.15) is 23.7 Å². The number of carbonyl (C=O) groups is 2. The van der Waals surface area contributed by atoms with Crippen LogP contribution < -0.4 is 9.64 Å². The second kappa shape index (κ2) is 12.5. The van der Waals surface area contributed by atoms with E-state index >= 15 is 0 Å². The van der Waals surface area contributed by atoms with E-state index in [1.807, 2.05) is 43.6 Å². The first-order valence-corrected chi connectivity index (χ1v) is 16.2. The maximum absolute atomic E-state index is 14.4. The number of benzene rings is 1. The summed E-state index contributed by atoms with van der Waals surface area (Å²) < 4.78 is 31.0. The Morgan fingerprint density at radius 3 is 2.51 bits per heavy atom. The molecule has 3 aliphatic heterocycles. The minimum absolute atomic E-state index is 0.00993. The lowest BCUT2D eigenvalue weighted by Gasteiger charge is -2.48. The number of rotatable bonds is 6. The van der Waals surface area contributed by atoms with Crippen molar-refractivity contribution in [3.8, 4) is 5.88 Å². The minimum atomic E-state index is -0.593. The molecule has 0 radical (unpaired) electrons. The van der Waals surface area contributed by atoms with Crippen molar-refractivity contribution in [2.75, 3.05) is 57.4 Å². The summed E-state index contributed by atoms with van der Waals surface area (Å²) in [6, 6.07) is 8.51. The molecule has 45 heavy (non-hydrogen) atoms. The number of pyridine rings is 1. The van der Waals surface area contributed by atoms with Crippen LogP contribution in [0.3, 0.4) is 0 Å². The van der Waals surface area contributed by atoms with Gasteiger partial charge in [0, 0.05) is 50.5 Å². The molecular weight excluding hydrogens is 577 g/mol. The second-order valence-electron chi connectivity index (χ2n) is 14.2. The van der Waals surface area contributed by atoms with E-state index in [-0.39, 0.29) is 48.0 Å². The maximum Gasteiger partial charge on any atom is 0.410 e. The van der Waals surface area contributed by atoms with Crippen LogP contribution in [0, 0.1) is 5.82 Å². The van der Waals surface area contributed by atoms with Gasteiger partial charge in [-0.25, -0.2) is 14.2 Å². The van der Waals surface area contributed by atoms with E-state index in [1.165, 1.54) is 12.1 Å². The lowest BCUT2D eigenvalue weighted by Crippen LogP contribution is -2.65. The van der Waals surface area contributed by atoms with Gasteiger partial charge < -0.3 is 19.1 Å². The van der Waals surface area contributed by atoms with Gasteiger partial charge in [0.25, 0.3) is 0 Å². The van der Waals surface area contributed by atoms with Crippen molar-refractivity contribution in [3.05, 3.63) is 53.5 Å².